The Hall–Kier alpha value is -2.69. The van der Waals surface area contributed by atoms with Gasteiger partial charge in [-0.1, -0.05) is 24.3 Å². The normalized spacial score (nSPS) is 19.7. The summed E-state index contributed by atoms with van der Waals surface area (Å²) >= 11 is 0. The van der Waals surface area contributed by atoms with E-state index in [1.54, 1.807) is 12.1 Å². The smallest absolute Gasteiger partial charge is 0.261 e. The molecular weight excluding hydrogens is 340 g/mol. The third-order valence-corrected chi connectivity index (χ3v) is 5.75. The van der Waals surface area contributed by atoms with Gasteiger partial charge in [-0.05, 0) is 50.1 Å². The number of carbonyl (C=O) groups is 3. The van der Waals surface area contributed by atoms with E-state index in [1.165, 1.54) is 11.3 Å². The van der Waals surface area contributed by atoms with Gasteiger partial charge >= 0.3 is 0 Å². The summed E-state index contributed by atoms with van der Waals surface area (Å²) in [5, 5.41) is 1.64. The van der Waals surface area contributed by atoms with Gasteiger partial charge in [-0.25, -0.2) is 0 Å². The van der Waals surface area contributed by atoms with E-state index in [0.29, 0.717) is 24.0 Å². The van der Waals surface area contributed by atoms with Crippen LogP contribution >= 0.6 is 0 Å². The van der Waals surface area contributed by atoms with Gasteiger partial charge in [-0.3, -0.25) is 19.3 Å². The second kappa shape index (κ2) is 7.14. The SMILES string of the molecule is CC1CCCCN1C(=O)CCCN1C(=O)c2cccc3cccc(c23)C1=O. The Kier molecular flexibility index (Phi) is 4.68. The molecule has 0 aliphatic carbocycles. The van der Waals surface area contributed by atoms with Crippen molar-refractivity contribution in [2.24, 2.45) is 0 Å². The van der Waals surface area contributed by atoms with Crippen molar-refractivity contribution in [3.8, 4) is 0 Å². The molecule has 4 rings (SSSR count). The fourth-order valence-corrected chi connectivity index (χ4v) is 4.28. The van der Waals surface area contributed by atoms with Gasteiger partial charge < -0.3 is 4.90 Å². The van der Waals surface area contributed by atoms with Crippen LogP contribution in [0.4, 0.5) is 0 Å². The fourth-order valence-electron chi connectivity index (χ4n) is 4.28. The molecule has 2 aromatic carbocycles. The number of nitrogens with zero attached hydrogens (tertiary/aromatic N) is 2. The Labute approximate surface area is 158 Å². The number of carbonyl (C=O) groups excluding carboxylic acids is 3. The lowest BCUT2D eigenvalue weighted by Gasteiger charge is -2.33. The number of piperidine rings is 1. The summed E-state index contributed by atoms with van der Waals surface area (Å²) in [5.74, 6) is -0.396. The standard InChI is InChI=1S/C22H24N2O3/c1-15-7-2-3-13-23(15)19(25)12-6-14-24-21(26)17-10-4-8-16-9-5-11-18(20(16)17)22(24)27/h4-5,8-11,15H,2-3,6-7,12-14H2,1H3. The Morgan fingerprint density at radius 2 is 1.70 bits per heavy atom. The van der Waals surface area contributed by atoms with Crippen molar-refractivity contribution < 1.29 is 14.4 Å². The molecule has 140 valence electrons. The van der Waals surface area contributed by atoms with Gasteiger partial charge in [0.2, 0.25) is 5.91 Å². The summed E-state index contributed by atoms with van der Waals surface area (Å²) in [6.45, 7) is 3.18. The van der Waals surface area contributed by atoms with Crippen LogP contribution < -0.4 is 0 Å². The second-order valence-electron chi connectivity index (χ2n) is 7.51. The number of likely N-dealkylation sites (tertiary alicyclic amines) is 1. The molecule has 3 amide bonds. The van der Waals surface area contributed by atoms with Gasteiger partial charge in [0, 0.05) is 42.1 Å². The Morgan fingerprint density at radius 3 is 2.33 bits per heavy atom. The predicted octanol–water partition coefficient (Wildman–Crippen LogP) is 3.62. The number of amides is 3. The quantitative estimate of drug-likeness (QED) is 0.779. The molecule has 0 N–H and O–H groups in total. The first-order chi connectivity index (χ1) is 13.1. The van der Waals surface area contributed by atoms with Crippen LogP contribution in [0.2, 0.25) is 0 Å². The highest BCUT2D eigenvalue weighted by molar-refractivity contribution is 6.25. The molecule has 5 nitrogen and oxygen atoms in total. The summed E-state index contributed by atoms with van der Waals surface area (Å²) < 4.78 is 0. The van der Waals surface area contributed by atoms with Crippen molar-refractivity contribution in [2.45, 2.75) is 45.1 Å². The van der Waals surface area contributed by atoms with Crippen molar-refractivity contribution in [1.82, 2.24) is 9.80 Å². The van der Waals surface area contributed by atoms with Crippen LogP contribution in [0.25, 0.3) is 10.8 Å². The van der Waals surface area contributed by atoms with Crippen LogP contribution in [-0.4, -0.2) is 46.7 Å². The van der Waals surface area contributed by atoms with E-state index < -0.39 is 0 Å². The molecular formula is C22H24N2O3. The van der Waals surface area contributed by atoms with E-state index in [1.807, 2.05) is 29.2 Å². The zero-order valence-corrected chi connectivity index (χ0v) is 15.6. The minimum absolute atomic E-state index is 0.126. The lowest BCUT2D eigenvalue weighted by Crippen LogP contribution is -2.43. The number of hydrogen-bond donors (Lipinski definition) is 0. The van der Waals surface area contributed by atoms with Crippen LogP contribution in [0, 0.1) is 0 Å². The van der Waals surface area contributed by atoms with Crippen LogP contribution in [-0.2, 0) is 4.79 Å². The first kappa shape index (κ1) is 17.7. The number of benzene rings is 2. The van der Waals surface area contributed by atoms with E-state index >= 15 is 0 Å². The van der Waals surface area contributed by atoms with Crippen LogP contribution in [0.1, 0.15) is 59.7 Å². The number of rotatable bonds is 4. The average Bonchev–Trinajstić information content (AvgIpc) is 2.68. The van der Waals surface area contributed by atoms with Crippen molar-refractivity contribution >= 4 is 28.5 Å². The van der Waals surface area contributed by atoms with E-state index in [-0.39, 0.29) is 30.3 Å². The predicted molar refractivity (Wildman–Crippen MR) is 104 cm³/mol. The molecule has 2 heterocycles. The third-order valence-electron chi connectivity index (χ3n) is 5.75. The van der Waals surface area contributed by atoms with Crippen molar-refractivity contribution in [1.29, 1.82) is 0 Å². The first-order valence-corrected chi connectivity index (χ1v) is 9.75. The Bertz CT molecular complexity index is 870. The maximum atomic E-state index is 12.9. The molecule has 1 saturated heterocycles. The van der Waals surface area contributed by atoms with Gasteiger partial charge in [0.05, 0.1) is 0 Å². The molecule has 5 heteroatoms. The molecule has 0 aromatic heterocycles. The highest BCUT2D eigenvalue weighted by Gasteiger charge is 2.32. The Morgan fingerprint density at radius 1 is 1.04 bits per heavy atom. The molecule has 27 heavy (non-hydrogen) atoms. The summed E-state index contributed by atoms with van der Waals surface area (Å²) in [5.41, 5.74) is 1.14. The van der Waals surface area contributed by atoms with E-state index in [9.17, 15) is 14.4 Å². The minimum atomic E-state index is -0.261. The van der Waals surface area contributed by atoms with E-state index in [0.717, 1.165) is 30.2 Å². The molecule has 2 aliphatic rings. The summed E-state index contributed by atoms with van der Waals surface area (Å²) in [4.78, 5) is 41.4. The van der Waals surface area contributed by atoms with Crippen LogP contribution in [0.5, 0.6) is 0 Å². The molecule has 1 fully saturated rings. The Balaban J connectivity index is 1.47. The lowest BCUT2D eigenvalue weighted by molar-refractivity contribution is -0.134. The highest BCUT2D eigenvalue weighted by Crippen LogP contribution is 2.30. The molecule has 2 aliphatic heterocycles. The molecule has 0 spiro atoms. The van der Waals surface area contributed by atoms with E-state index in [2.05, 4.69) is 6.92 Å². The summed E-state index contributed by atoms with van der Waals surface area (Å²) in [6, 6.07) is 11.3. The van der Waals surface area contributed by atoms with Crippen molar-refractivity contribution in [2.75, 3.05) is 13.1 Å². The maximum absolute atomic E-state index is 12.9. The van der Waals surface area contributed by atoms with E-state index in [4.69, 9.17) is 0 Å². The zero-order valence-electron chi connectivity index (χ0n) is 15.6. The van der Waals surface area contributed by atoms with Gasteiger partial charge in [-0.2, -0.15) is 0 Å². The number of hydrogen-bond acceptors (Lipinski definition) is 3. The summed E-state index contributed by atoms with van der Waals surface area (Å²) in [6.07, 6.45) is 4.15. The van der Waals surface area contributed by atoms with Crippen LogP contribution in [0.3, 0.4) is 0 Å². The lowest BCUT2D eigenvalue weighted by atomic mass is 9.94. The van der Waals surface area contributed by atoms with Gasteiger partial charge in [0.25, 0.3) is 11.8 Å². The first-order valence-electron chi connectivity index (χ1n) is 9.75. The van der Waals surface area contributed by atoms with Gasteiger partial charge in [0.1, 0.15) is 0 Å². The monoisotopic (exact) mass is 364 g/mol. The molecule has 0 radical (unpaired) electrons. The van der Waals surface area contributed by atoms with Crippen molar-refractivity contribution in [3.05, 3.63) is 47.5 Å². The second-order valence-corrected chi connectivity index (χ2v) is 7.51. The zero-order chi connectivity index (χ0) is 19.0. The van der Waals surface area contributed by atoms with Crippen molar-refractivity contribution in [3.63, 3.8) is 0 Å². The fraction of sp³-hybridized carbons (Fsp3) is 0.409. The third kappa shape index (κ3) is 3.11. The molecule has 2 aromatic rings. The molecule has 0 bridgehead atoms. The summed E-state index contributed by atoms with van der Waals surface area (Å²) in [7, 11) is 0. The van der Waals surface area contributed by atoms with Crippen LogP contribution in [0.15, 0.2) is 36.4 Å². The molecule has 1 atom stereocenters. The number of imide groups is 1. The molecule has 1 unspecified atom stereocenters. The maximum Gasteiger partial charge on any atom is 0.261 e. The molecule has 0 saturated carbocycles. The topological polar surface area (TPSA) is 57.7 Å². The highest BCUT2D eigenvalue weighted by atomic mass is 16.2. The van der Waals surface area contributed by atoms with Gasteiger partial charge in [0.15, 0.2) is 0 Å². The van der Waals surface area contributed by atoms with Gasteiger partial charge in [-0.15, -0.1) is 0 Å². The average molecular weight is 364 g/mol. The largest absolute Gasteiger partial charge is 0.340 e. The minimum Gasteiger partial charge on any atom is -0.340 e.